The number of nitrogens with one attached hydrogen (secondary N) is 3. The number of carbonyl (C=O) groups is 4. The number of halogens is 4. The predicted molar refractivity (Wildman–Crippen MR) is 401 cm³/mol. The van der Waals surface area contributed by atoms with Crippen LogP contribution in [0.15, 0.2) is 168 Å². The summed E-state index contributed by atoms with van der Waals surface area (Å²) in [6.07, 6.45) is 33.6. The molecule has 540 valence electrons. The lowest BCUT2D eigenvalue weighted by Gasteiger charge is -2.38. The fraction of sp³-hybridized carbons (Fsp3) is 0.410. The van der Waals surface area contributed by atoms with Gasteiger partial charge in [0.25, 0.3) is 0 Å². The molecule has 8 fully saturated rings. The number of aromatic nitrogens is 10. The van der Waals surface area contributed by atoms with Crippen molar-refractivity contribution in [1.29, 1.82) is 0 Å². The van der Waals surface area contributed by atoms with Crippen LogP contribution in [0.2, 0.25) is 0 Å². The first-order chi connectivity index (χ1) is 50.8. The number of hydrogen-bond acceptors (Lipinski definition) is 14. The summed E-state index contributed by atoms with van der Waals surface area (Å²) >= 11 is 6.48. The molecule has 0 spiro atoms. The van der Waals surface area contributed by atoms with Gasteiger partial charge in [0.2, 0.25) is 23.6 Å². The van der Waals surface area contributed by atoms with Crippen LogP contribution < -0.4 is 20.9 Å². The molecule has 26 heteroatoms. The number of pyridine rings is 6. The van der Waals surface area contributed by atoms with Crippen molar-refractivity contribution >= 4 is 83.4 Å². The minimum atomic E-state index is -0.324. The number of amides is 4. The normalized spacial score (nSPS) is 22.3. The van der Waals surface area contributed by atoms with E-state index in [1.165, 1.54) is 35.0 Å². The van der Waals surface area contributed by atoms with Gasteiger partial charge in [-0.3, -0.25) is 19.2 Å². The Morgan fingerprint density at radius 1 is 0.481 bits per heavy atom. The molecule has 8 saturated heterocycles. The van der Waals surface area contributed by atoms with E-state index in [1.807, 2.05) is 125 Å². The highest BCUT2D eigenvalue weighted by Gasteiger charge is 2.44. The molecule has 104 heavy (non-hydrogen) atoms. The smallest absolute Gasteiger partial charge is 0.227 e. The van der Waals surface area contributed by atoms with Gasteiger partial charge in [-0.25, -0.2) is 36.8 Å². The first-order valence-corrected chi connectivity index (χ1v) is 37.6. The Labute approximate surface area is 620 Å². The second kappa shape index (κ2) is 34.9. The minimum absolute atomic E-state index is 0.0574. The molecule has 18 heterocycles. The Bertz CT molecular complexity index is 4660. The van der Waals surface area contributed by atoms with E-state index in [2.05, 4.69) is 124 Å². The molecule has 0 aliphatic carbocycles. The van der Waals surface area contributed by atoms with Gasteiger partial charge in [0.05, 0.1) is 70.3 Å². The molecule has 8 aliphatic heterocycles. The summed E-state index contributed by atoms with van der Waals surface area (Å²) in [5.74, 6) is 10.9. The Morgan fingerprint density at radius 2 is 0.933 bits per heavy atom. The third-order valence-corrected chi connectivity index (χ3v) is 22.0. The van der Waals surface area contributed by atoms with Gasteiger partial charge in [0.1, 0.15) is 22.1 Å². The zero-order valence-electron chi connectivity index (χ0n) is 58.0. The highest BCUT2D eigenvalue weighted by atomic mass is 79.9. The van der Waals surface area contributed by atoms with Gasteiger partial charge in [-0.15, -0.1) is 12.3 Å². The third-order valence-electron chi connectivity index (χ3n) is 20.8. The number of anilines is 1. The maximum Gasteiger partial charge on any atom is 0.227 e. The largest absolute Gasteiger partial charge is 0.353 e. The summed E-state index contributed by atoms with van der Waals surface area (Å²) in [6, 6.07) is 31.8. The van der Waals surface area contributed by atoms with E-state index in [9.17, 15) is 28.0 Å². The van der Waals surface area contributed by atoms with Crippen molar-refractivity contribution in [2.24, 2.45) is 23.7 Å². The molecule has 4 amide bonds. The van der Waals surface area contributed by atoms with Crippen molar-refractivity contribution in [3.8, 4) is 24.2 Å². The molecule has 3 N–H and O–H groups in total. The molecule has 8 aliphatic rings. The highest BCUT2D eigenvalue weighted by Crippen LogP contribution is 2.35. The lowest BCUT2D eigenvalue weighted by molar-refractivity contribution is -0.133. The second-order valence-electron chi connectivity index (χ2n) is 27.4. The maximum absolute atomic E-state index is 13.1. The molecule has 10 aromatic rings. The van der Waals surface area contributed by atoms with Crippen LogP contribution in [-0.2, 0) is 32.0 Å². The molecule has 0 aromatic carbocycles. The van der Waals surface area contributed by atoms with Gasteiger partial charge >= 0.3 is 0 Å². The van der Waals surface area contributed by atoms with Crippen molar-refractivity contribution in [3.05, 3.63) is 196 Å². The summed E-state index contributed by atoms with van der Waals surface area (Å²) in [7, 11) is 0. The number of nitrogens with zero attached hydrogens (tertiary/aromatic N) is 15. The molecule has 0 saturated carbocycles. The number of piperazine rings is 4. The van der Waals surface area contributed by atoms with E-state index < -0.39 is 0 Å². The number of hydrogen-bond donors (Lipinski definition) is 3. The Morgan fingerprint density at radius 3 is 1.43 bits per heavy atom. The first kappa shape index (κ1) is 72.9. The van der Waals surface area contributed by atoms with Gasteiger partial charge in [-0.05, 0) is 192 Å². The zero-order chi connectivity index (χ0) is 71.9. The summed E-state index contributed by atoms with van der Waals surface area (Å²) in [5, 5.41) is 26.9. The molecule has 10 aromatic heterocycles. The SMILES string of the molecule is Brc1cccn2nccc12.C#CC[C@H]1C[C@H]2CNCCN2C1=O.Fc1ccc(Br)nc1.O=C1[C@@H](CC#Cc2cccn3nccc23)C[C@H]2CNCCN12.O=C1[C@@H](CCCc2cccn3nccc23)C[C@H]2CN(c3ccc(F)cn3)CCN12.O=C1[C@@H](CCCc2cccn3nccc23)C[C@H]2CNCCN12. The van der Waals surface area contributed by atoms with Crippen LogP contribution in [0.25, 0.3) is 22.1 Å². The quantitative estimate of drug-likeness (QED) is 0.0813. The number of rotatable bonds is 11. The van der Waals surface area contributed by atoms with Crippen LogP contribution in [0.3, 0.4) is 0 Å². The Kier molecular flexibility index (Phi) is 24.5. The molecule has 0 bridgehead atoms. The topological polar surface area (TPSA) is 216 Å². The van der Waals surface area contributed by atoms with Crippen LogP contribution >= 0.6 is 31.9 Å². The summed E-state index contributed by atoms with van der Waals surface area (Å²) in [4.78, 5) is 67.5. The fourth-order valence-corrected chi connectivity index (χ4v) is 16.3. The maximum atomic E-state index is 13.1. The van der Waals surface area contributed by atoms with Crippen molar-refractivity contribution in [1.82, 2.24) is 84.0 Å². The predicted octanol–water partition coefficient (Wildman–Crippen LogP) is 9.21. The minimum Gasteiger partial charge on any atom is -0.353 e. The second-order valence-corrected chi connectivity index (χ2v) is 29.0. The van der Waals surface area contributed by atoms with E-state index in [0.29, 0.717) is 53.9 Å². The molecular weight excluding hydrogens is 1450 g/mol. The standard InChI is InChI=1S/C22H24FN5O.C17H22N4O.C17H18N4O.C10H14N2O.C7H5BrN2.C5H3BrFN/c23-18-6-7-21(24-14-18)26-11-12-27-19(15-26)13-17(22(27)29)4-1-3-16-5-2-10-28-20(16)8-9-25-28;2*22-17-14(11-15-12-18-8-10-20(15)17)4-1-3-13-5-2-9-21-16(13)6-7-19-21;1-2-3-8-6-9-7-11-4-5-12(9)10(8)13;8-6-2-1-5-10-7(6)3-4-9-10;6-5-2-1-4(7)3-8-5/h2,5-10,14,17,19H,1,3-4,11-13,15H2;2,5-7,9,14-15,18H,1,3-4,8,10-12H2;2,5-7,9,14-15,18H,4,8,10-12H2;1,8-9,11H,3-7H2;1-5H;1-3H/t17-,19-;2*14-,15-;8-,9-;;/m0000../s1. The van der Waals surface area contributed by atoms with Gasteiger partial charge in [-0.1, -0.05) is 24.0 Å². The van der Waals surface area contributed by atoms with Crippen LogP contribution in [0.4, 0.5) is 14.6 Å². The molecule has 0 unspecified atom stereocenters. The van der Waals surface area contributed by atoms with Gasteiger partial charge in [0.15, 0.2) is 0 Å². The molecule has 18 rings (SSSR count). The average Bonchev–Trinajstić information content (AvgIpc) is 1.63. The number of fused-ring (bicyclic) bond motifs is 8. The first-order valence-electron chi connectivity index (χ1n) is 36.1. The number of carbonyl (C=O) groups excluding carboxylic acids is 4. The lowest BCUT2D eigenvalue weighted by atomic mass is 9.96. The van der Waals surface area contributed by atoms with E-state index in [-0.39, 0.29) is 53.2 Å². The van der Waals surface area contributed by atoms with E-state index >= 15 is 0 Å². The van der Waals surface area contributed by atoms with Crippen molar-refractivity contribution in [2.45, 2.75) is 101 Å². The molecule has 22 nitrogen and oxygen atoms in total. The van der Waals surface area contributed by atoms with Gasteiger partial charge in [0, 0.05) is 163 Å². The van der Waals surface area contributed by atoms with Crippen molar-refractivity contribution in [3.63, 3.8) is 0 Å². The Hall–Kier alpha value is -9.44. The Balaban J connectivity index is 0.000000116. The molecule has 8 atom stereocenters. The van der Waals surface area contributed by atoms with E-state index in [0.717, 1.165) is 175 Å². The van der Waals surface area contributed by atoms with Crippen LogP contribution in [-0.4, -0.2) is 194 Å². The third kappa shape index (κ3) is 17.7. The summed E-state index contributed by atoms with van der Waals surface area (Å²) < 4.78 is 34.3. The average molecular weight is 1540 g/mol. The lowest BCUT2D eigenvalue weighted by Crippen LogP contribution is -2.51. The number of aryl methyl sites for hydroxylation is 2. The fourth-order valence-electron chi connectivity index (χ4n) is 15.6. The molecular formula is C78H86Br2F2N18O4. The zero-order valence-corrected chi connectivity index (χ0v) is 61.2. The van der Waals surface area contributed by atoms with Crippen LogP contribution in [0.1, 0.15) is 80.9 Å². The van der Waals surface area contributed by atoms with E-state index in [4.69, 9.17) is 6.42 Å². The highest BCUT2D eigenvalue weighted by molar-refractivity contribution is 9.10. The van der Waals surface area contributed by atoms with Gasteiger partial charge < -0.3 is 40.4 Å². The summed E-state index contributed by atoms with van der Waals surface area (Å²) in [6.45, 7) is 10.4. The van der Waals surface area contributed by atoms with E-state index in [1.54, 1.807) is 24.5 Å². The molecule has 0 radical (unpaired) electrons. The van der Waals surface area contributed by atoms with Crippen molar-refractivity contribution in [2.75, 3.05) is 83.4 Å². The van der Waals surface area contributed by atoms with Crippen LogP contribution in [0, 0.1) is 59.5 Å². The monoisotopic (exact) mass is 1530 g/mol. The number of terminal acetylenes is 1. The summed E-state index contributed by atoms with van der Waals surface area (Å²) in [5.41, 5.74) is 8.00. The van der Waals surface area contributed by atoms with Gasteiger partial charge in [-0.2, -0.15) is 20.4 Å². The van der Waals surface area contributed by atoms with Crippen molar-refractivity contribution < 1.29 is 28.0 Å². The van der Waals surface area contributed by atoms with Crippen LogP contribution in [0.5, 0.6) is 0 Å².